The standard InChI is InChI=1S/C19H27NO3S.C4H10/c1-7-18(23-24(21,22)20(5)6)15-14-16(3)19(4,8-2)17-12-10-9-11-13-17;1-3-4-2/h7,9-15H,1,8H2,2-6H3;3-4H2,1-2H3/b16-14+,18-15+;. The lowest BCUT2D eigenvalue weighted by molar-refractivity contribution is 0.370. The van der Waals surface area contributed by atoms with E-state index >= 15 is 0 Å². The molecule has 0 radical (unpaired) electrons. The van der Waals surface area contributed by atoms with E-state index in [1.54, 1.807) is 6.08 Å². The molecule has 158 valence electrons. The minimum atomic E-state index is -3.79. The summed E-state index contributed by atoms with van der Waals surface area (Å²) in [6.45, 7) is 14.3. The maximum atomic E-state index is 11.8. The van der Waals surface area contributed by atoms with Crippen LogP contribution in [-0.4, -0.2) is 26.8 Å². The fourth-order valence-electron chi connectivity index (χ4n) is 2.23. The van der Waals surface area contributed by atoms with Gasteiger partial charge in [-0.25, -0.2) is 0 Å². The Morgan fingerprint density at radius 1 is 1.11 bits per heavy atom. The second kappa shape index (κ2) is 12.6. The third kappa shape index (κ3) is 8.03. The summed E-state index contributed by atoms with van der Waals surface area (Å²) in [5, 5.41) is 0. The molecule has 1 aromatic rings. The molecule has 28 heavy (non-hydrogen) atoms. The average molecular weight is 408 g/mol. The van der Waals surface area contributed by atoms with Gasteiger partial charge in [-0.15, -0.1) is 0 Å². The molecular weight excluding hydrogens is 370 g/mol. The Labute approximate surface area is 172 Å². The van der Waals surface area contributed by atoms with Crippen LogP contribution in [0.15, 0.2) is 66.5 Å². The Morgan fingerprint density at radius 3 is 2.04 bits per heavy atom. The van der Waals surface area contributed by atoms with Gasteiger partial charge in [-0.3, -0.25) is 0 Å². The van der Waals surface area contributed by atoms with E-state index in [4.69, 9.17) is 4.18 Å². The van der Waals surface area contributed by atoms with Crippen LogP contribution in [0.25, 0.3) is 0 Å². The van der Waals surface area contributed by atoms with E-state index in [1.807, 2.05) is 31.2 Å². The van der Waals surface area contributed by atoms with E-state index in [9.17, 15) is 8.42 Å². The van der Waals surface area contributed by atoms with E-state index in [1.165, 1.54) is 38.6 Å². The van der Waals surface area contributed by atoms with E-state index in [0.29, 0.717) is 0 Å². The molecule has 0 aliphatic carbocycles. The van der Waals surface area contributed by atoms with Gasteiger partial charge in [-0.05, 0) is 31.1 Å². The number of unbranched alkanes of at least 4 members (excludes halogenated alkanes) is 1. The second-order valence-electron chi connectivity index (χ2n) is 7.00. The zero-order chi connectivity index (χ0) is 21.8. The van der Waals surface area contributed by atoms with Gasteiger partial charge in [-0.1, -0.05) is 89.1 Å². The molecule has 1 unspecified atom stereocenters. The highest BCUT2D eigenvalue weighted by atomic mass is 32.2. The topological polar surface area (TPSA) is 46.6 Å². The van der Waals surface area contributed by atoms with Crippen molar-refractivity contribution in [2.45, 2.75) is 59.3 Å². The molecule has 4 nitrogen and oxygen atoms in total. The minimum Gasteiger partial charge on any atom is -0.371 e. The SMILES string of the molecule is C=C/C(=C\C=C(/C)C(C)(CC)c1ccccc1)OS(=O)(=O)N(C)C.CCCC. The maximum absolute atomic E-state index is 11.8. The molecule has 0 aliphatic rings. The number of nitrogens with zero attached hydrogens (tertiary/aromatic N) is 1. The van der Waals surface area contributed by atoms with E-state index < -0.39 is 10.3 Å². The van der Waals surface area contributed by atoms with Crippen molar-refractivity contribution >= 4 is 10.3 Å². The van der Waals surface area contributed by atoms with Crippen LogP contribution in [0.1, 0.15) is 59.4 Å². The predicted octanol–water partition coefficient (Wildman–Crippen LogP) is 6.00. The quantitative estimate of drug-likeness (QED) is 0.372. The molecule has 0 aliphatic heterocycles. The van der Waals surface area contributed by atoms with Crippen LogP contribution in [-0.2, 0) is 19.9 Å². The summed E-state index contributed by atoms with van der Waals surface area (Å²) in [5.74, 6) is 0.189. The first-order valence-electron chi connectivity index (χ1n) is 9.77. The van der Waals surface area contributed by atoms with Crippen molar-refractivity contribution in [2.24, 2.45) is 0 Å². The van der Waals surface area contributed by atoms with Crippen molar-refractivity contribution in [3.8, 4) is 0 Å². The number of allylic oxidation sites excluding steroid dienone is 4. The summed E-state index contributed by atoms with van der Waals surface area (Å²) in [5.41, 5.74) is 2.20. The summed E-state index contributed by atoms with van der Waals surface area (Å²) in [6, 6.07) is 10.2. The van der Waals surface area contributed by atoms with Gasteiger partial charge in [0, 0.05) is 19.5 Å². The monoisotopic (exact) mass is 407 g/mol. The number of hydrogen-bond donors (Lipinski definition) is 0. The van der Waals surface area contributed by atoms with E-state index in [0.717, 1.165) is 16.3 Å². The molecular formula is C23H37NO3S. The van der Waals surface area contributed by atoms with Gasteiger partial charge in [0.25, 0.3) is 0 Å². The predicted molar refractivity (Wildman–Crippen MR) is 120 cm³/mol. The van der Waals surface area contributed by atoms with Gasteiger partial charge in [-0.2, -0.15) is 12.7 Å². The van der Waals surface area contributed by atoms with Crippen LogP contribution < -0.4 is 0 Å². The molecule has 0 bridgehead atoms. The smallest absolute Gasteiger partial charge is 0.371 e. The van der Waals surface area contributed by atoms with Crippen LogP contribution in [0.5, 0.6) is 0 Å². The summed E-state index contributed by atoms with van der Waals surface area (Å²) < 4.78 is 29.7. The van der Waals surface area contributed by atoms with Crippen molar-refractivity contribution in [1.29, 1.82) is 0 Å². The zero-order valence-corrected chi connectivity index (χ0v) is 19.3. The number of hydrogen-bond acceptors (Lipinski definition) is 3. The Hall–Kier alpha value is -1.85. The number of benzene rings is 1. The van der Waals surface area contributed by atoms with Crippen molar-refractivity contribution < 1.29 is 12.6 Å². The lowest BCUT2D eigenvalue weighted by atomic mass is 9.74. The first kappa shape index (κ1) is 26.1. The van der Waals surface area contributed by atoms with Crippen molar-refractivity contribution in [3.63, 3.8) is 0 Å². The number of rotatable bonds is 9. The van der Waals surface area contributed by atoms with Gasteiger partial charge in [0.15, 0.2) is 0 Å². The second-order valence-corrected chi connectivity index (χ2v) is 8.75. The molecule has 0 aromatic heterocycles. The fourth-order valence-corrected chi connectivity index (χ4v) is 2.75. The third-order valence-electron chi connectivity index (χ3n) is 4.84. The molecule has 1 aromatic carbocycles. The molecule has 1 rings (SSSR count). The fraction of sp³-hybridized carbons (Fsp3) is 0.478. The zero-order valence-electron chi connectivity index (χ0n) is 18.5. The summed E-state index contributed by atoms with van der Waals surface area (Å²) in [7, 11) is -0.951. The summed E-state index contributed by atoms with van der Waals surface area (Å²) >= 11 is 0. The first-order valence-corrected chi connectivity index (χ1v) is 11.1. The van der Waals surface area contributed by atoms with Gasteiger partial charge < -0.3 is 4.18 Å². The van der Waals surface area contributed by atoms with Crippen molar-refractivity contribution in [1.82, 2.24) is 4.31 Å². The van der Waals surface area contributed by atoms with Crippen LogP contribution in [0, 0.1) is 0 Å². The highest BCUT2D eigenvalue weighted by molar-refractivity contribution is 7.84. The van der Waals surface area contributed by atoms with Crippen LogP contribution in [0.3, 0.4) is 0 Å². The van der Waals surface area contributed by atoms with Gasteiger partial charge in [0.2, 0.25) is 0 Å². The van der Waals surface area contributed by atoms with Crippen LogP contribution >= 0.6 is 0 Å². The highest BCUT2D eigenvalue weighted by Crippen LogP contribution is 2.35. The molecule has 5 heteroatoms. The highest BCUT2D eigenvalue weighted by Gasteiger charge is 2.26. The molecule has 0 saturated heterocycles. The van der Waals surface area contributed by atoms with Crippen molar-refractivity contribution in [3.05, 3.63) is 72.0 Å². The van der Waals surface area contributed by atoms with Crippen molar-refractivity contribution in [2.75, 3.05) is 14.1 Å². The Morgan fingerprint density at radius 2 is 1.64 bits per heavy atom. The molecule has 0 fully saturated rings. The Kier molecular flexibility index (Phi) is 11.7. The molecule has 1 atom stereocenters. The lowest BCUT2D eigenvalue weighted by Crippen LogP contribution is -2.24. The molecule has 0 heterocycles. The Bertz CT molecular complexity index is 747. The minimum absolute atomic E-state index is 0.134. The largest absolute Gasteiger partial charge is 0.384 e. The normalized spacial score (nSPS) is 14.7. The van der Waals surface area contributed by atoms with E-state index in [-0.39, 0.29) is 11.2 Å². The average Bonchev–Trinajstić information content (AvgIpc) is 2.70. The van der Waals surface area contributed by atoms with Gasteiger partial charge in [0.05, 0.1) is 0 Å². The lowest BCUT2D eigenvalue weighted by Gasteiger charge is -2.30. The van der Waals surface area contributed by atoms with Gasteiger partial charge in [0.1, 0.15) is 5.76 Å². The first-order chi connectivity index (χ1) is 13.1. The van der Waals surface area contributed by atoms with Crippen LogP contribution in [0.2, 0.25) is 0 Å². The molecule has 0 N–H and O–H groups in total. The van der Waals surface area contributed by atoms with Gasteiger partial charge >= 0.3 is 10.3 Å². The maximum Gasteiger partial charge on any atom is 0.384 e. The third-order valence-corrected chi connectivity index (χ3v) is 6.13. The van der Waals surface area contributed by atoms with Crippen LogP contribution in [0.4, 0.5) is 0 Å². The molecule has 0 amide bonds. The molecule has 0 saturated carbocycles. The molecule has 0 spiro atoms. The summed E-state index contributed by atoms with van der Waals surface area (Å²) in [4.78, 5) is 0. The van der Waals surface area contributed by atoms with E-state index in [2.05, 4.69) is 46.4 Å². The summed E-state index contributed by atoms with van der Waals surface area (Å²) in [6.07, 6.45) is 8.48. The Balaban J connectivity index is 0.00000165.